The third-order valence-electron chi connectivity index (χ3n) is 4.32. The van der Waals surface area contributed by atoms with Crippen molar-refractivity contribution in [3.05, 3.63) is 64.7 Å². The maximum absolute atomic E-state index is 12.3. The normalized spacial score (nSPS) is 13.3. The quantitative estimate of drug-likeness (QED) is 0.729. The first-order valence-corrected chi connectivity index (χ1v) is 8.77. The van der Waals surface area contributed by atoms with Gasteiger partial charge in [0, 0.05) is 16.8 Å². The largest absolute Gasteiger partial charge is 0.325 e. The van der Waals surface area contributed by atoms with Crippen molar-refractivity contribution in [2.24, 2.45) is 0 Å². The molecule has 24 heavy (non-hydrogen) atoms. The summed E-state index contributed by atoms with van der Waals surface area (Å²) in [6.45, 7) is 6.56. The lowest BCUT2D eigenvalue weighted by atomic mass is 9.97. The van der Waals surface area contributed by atoms with Gasteiger partial charge in [0.05, 0.1) is 6.54 Å². The summed E-state index contributed by atoms with van der Waals surface area (Å²) in [5.41, 5.74) is 3.06. The SMILES string of the molecule is CC[C@H](C)c1ccccc1NC(=O)CN[C@@H](C)c1ccccc1Cl. The lowest BCUT2D eigenvalue weighted by molar-refractivity contribution is -0.115. The third kappa shape index (κ3) is 4.83. The Bertz CT molecular complexity index is 687. The van der Waals surface area contributed by atoms with Gasteiger partial charge in [-0.25, -0.2) is 0 Å². The van der Waals surface area contributed by atoms with Crippen LogP contribution in [0.2, 0.25) is 5.02 Å². The average Bonchev–Trinajstić information content (AvgIpc) is 2.60. The topological polar surface area (TPSA) is 41.1 Å². The maximum atomic E-state index is 12.3. The lowest BCUT2D eigenvalue weighted by Crippen LogP contribution is -2.30. The van der Waals surface area contributed by atoms with Crippen LogP contribution >= 0.6 is 11.6 Å². The van der Waals surface area contributed by atoms with Gasteiger partial charge in [0.25, 0.3) is 0 Å². The molecule has 2 aromatic carbocycles. The van der Waals surface area contributed by atoms with E-state index < -0.39 is 0 Å². The summed E-state index contributed by atoms with van der Waals surface area (Å²) in [5, 5.41) is 6.95. The fraction of sp³-hybridized carbons (Fsp3) is 0.350. The highest BCUT2D eigenvalue weighted by Gasteiger charge is 2.13. The number of benzene rings is 2. The predicted molar refractivity (Wildman–Crippen MR) is 102 cm³/mol. The van der Waals surface area contributed by atoms with Crippen LogP contribution in [0.25, 0.3) is 0 Å². The lowest BCUT2D eigenvalue weighted by Gasteiger charge is -2.18. The Morgan fingerprint density at radius 2 is 1.67 bits per heavy atom. The zero-order valence-electron chi connectivity index (χ0n) is 14.5. The van der Waals surface area contributed by atoms with Gasteiger partial charge in [-0.1, -0.05) is 61.8 Å². The second-order valence-corrected chi connectivity index (χ2v) is 6.48. The van der Waals surface area contributed by atoms with Crippen molar-refractivity contribution in [1.29, 1.82) is 0 Å². The van der Waals surface area contributed by atoms with Gasteiger partial charge in [0.15, 0.2) is 0 Å². The highest BCUT2D eigenvalue weighted by molar-refractivity contribution is 6.31. The van der Waals surface area contributed by atoms with Crippen molar-refractivity contribution >= 4 is 23.2 Å². The molecule has 4 heteroatoms. The van der Waals surface area contributed by atoms with Crippen molar-refractivity contribution < 1.29 is 4.79 Å². The Kier molecular flexibility index (Phi) is 6.83. The Morgan fingerprint density at radius 3 is 2.33 bits per heavy atom. The maximum Gasteiger partial charge on any atom is 0.238 e. The minimum atomic E-state index is -0.0512. The van der Waals surface area contributed by atoms with Crippen molar-refractivity contribution in [3.63, 3.8) is 0 Å². The van der Waals surface area contributed by atoms with Crippen LogP contribution in [0.3, 0.4) is 0 Å². The summed E-state index contributed by atoms with van der Waals surface area (Å²) >= 11 is 6.20. The molecular formula is C20H25ClN2O. The molecule has 3 nitrogen and oxygen atoms in total. The molecule has 0 spiro atoms. The van der Waals surface area contributed by atoms with E-state index in [1.165, 1.54) is 5.56 Å². The Labute approximate surface area is 149 Å². The van der Waals surface area contributed by atoms with E-state index in [4.69, 9.17) is 11.6 Å². The Morgan fingerprint density at radius 1 is 1.04 bits per heavy atom. The standard InChI is InChI=1S/C20H25ClN2O/c1-4-14(2)16-9-6-8-12-19(16)23-20(24)13-22-15(3)17-10-5-7-11-18(17)21/h5-12,14-15,22H,4,13H2,1-3H3,(H,23,24)/t14-,15-/m0/s1. The van der Waals surface area contributed by atoms with E-state index in [0.29, 0.717) is 10.9 Å². The van der Waals surface area contributed by atoms with Crippen molar-refractivity contribution in [2.45, 2.75) is 39.2 Å². The van der Waals surface area contributed by atoms with Crippen LogP contribution in [0.5, 0.6) is 0 Å². The second kappa shape index (κ2) is 8.86. The molecule has 2 N–H and O–H groups in total. The van der Waals surface area contributed by atoms with Gasteiger partial charge in [0.2, 0.25) is 5.91 Å². The van der Waals surface area contributed by atoms with Crippen molar-refractivity contribution in [2.75, 3.05) is 11.9 Å². The third-order valence-corrected chi connectivity index (χ3v) is 4.66. The number of carbonyl (C=O) groups excluding carboxylic acids is 1. The van der Waals surface area contributed by atoms with E-state index in [-0.39, 0.29) is 18.5 Å². The van der Waals surface area contributed by atoms with Crippen LogP contribution in [-0.4, -0.2) is 12.5 Å². The van der Waals surface area contributed by atoms with Gasteiger partial charge < -0.3 is 10.6 Å². The number of hydrogen-bond donors (Lipinski definition) is 2. The van der Waals surface area contributed by atoms with E-state index in [2.05, 4.69) is 30.5 Å². The molecule has 0 bridgehead atoms. The van der Waals surface area contributed by atoms with Gasteiger partial charge in [-0.05, 0) is 42.5 Å². The number of hydrogen-bond acceptors (Lipinski definition) is 2. The monoisotopic (exact) mass is 344 g/mol. The van der Waals surface area contributed by atoms with Crippen LogP contribution < -0.4 is 10.6 Å². The molecule has 0 saturated heterocycles. The first-order valence-electron chi connectivity index (χ1n) is 8.39. The van der Waals surface area contributed by atoms with Crippen molar-refractivity contribution in [1.82, 2.24) is 5.32 Å². The molecule has 2 atom stereocenters. The Balaban J connectivity index is 1.96. The minimum Gasteiger partial charge on any atom is -0.325 e. The second-order valence-electron chi connectivity index (χ2n) is 6.07. The molecule has 0 radical (unpaired) electrons. The molecule has 2 aromatic rings. The minimum absolute atomic E-state index is 0.00857. The molecule has 0 heterocycles. The molecule has 0 aliphatic rings. The zero-order chi connectivity index (χ0) is 17.5. The van der Waals surface area contributed by atoms with E-state index >= 15 is 0 Å². The molecule has 0 aliphatic carbocycles. The first kappa shape index (κ1) is 18.5. The Hall–Kier alpha value is -1.84. The average molecular weight is 345 g/mol. The smallest absolute Gasteiger partial charge is 0.238 e. The molecule has 0 saturated carbocycles. The fourth-order valence-electron chi connectivity index (χ4n) is 2.64. The zero-order valence-corrected chi connectivity index (χ0v) is 15.2. The van der Waals surface area contributed by atoms with E-state index in [1.807, 2.05) is 49.4 Å². The van der Waals surface area contributed by atoms with Gasteiger partial charge in [-0.15, -0.1) is 0 Å². The number of carbonyl (C=O) groups is 1. The molecule has 128 valence electrons. The summed E-state index contributed by atoms with van der Waals surface area (Å²) in [6.07, 6.45) is 1.04. The number of para-hydroxylation sites is 1. The molecule has 1 amide bonds. The van der Waals surface area contributed by atoms with Gasteiger partial charge in [0.1, 0.15) is 0 Å². The van der Waals surface area contributed by atoms with Gasteiger partial charge >= 0.3 is 0 Å². The van der Waals surface area contributed by atoms with Crippen LogP contribution in [0.15, 0.2) is 48.5 Å². The fourth-order valence-corrected chi connectivity index (χ4v) is 2.94. The summed E-state index contributed by atoms with van der Waals surface area (Å²) in [6, 6.07) is 15.7. The predicted octanol–water partition coefficient (Wildman–Crippen LogP) is 5.14. The number of rotatable bonds is 7. The van der Waals surface area contributed by atoms with Crippen LogP contribution in [0.1, 0.15) is 50.3 Å². The molecule has 2 rings (SSSR count). The van der Waals surface area contributed by atoms with Gasteiger partial charge in [-0.3, -0.25) is 4.79 Å². The summed E-state index contributed by atoms with van der Waals surface area (Å²) in [7, 11) is 0. The van der Waals surface area contributed by atoms with Crippen molar-refractivity contribution in [3.8, 4) is 0 Å². The first-order chi connectivity index (χ1) is 11.5. The number of amides is 1. The van der Waals surface area contributed by atoms with Gasteiger partial charge in [-0.2, -0.15) is 0 Å². The molecular weight excluding hydrogens is 320 g/mol. The molecule has 0 aromatic heterocycles. The van der Waals surface area contributed by atoms with E-state index in [0.717, 1.165) is 17.7 Å². The molecule has 0 aliphatic heterocycles. The number of nitrogens with one attached hydrogen (secondary N) is 2. The number of halogens is 1. The highest BCUT2D eigenvalue weighted by atomic mass is 35.5. The van der Waals surface area contributed by atoms with E-state index in [9.17, 15) is 4.79 Å². The summed E-state index contributed by atoms with van der Waals surface area (Å²) in [5.74, 6) is 0.362. The highest BCUT2D eigenvalue weighted by Crippen LogP contribution is 2.26. The summed E-state index contributed by atoms with van der Waals surface area (Å²) < 4.78 is 0. The van der Waals surface area contributed by atoms with Crippen LogP contribution in [0, 0.1) is 0 Å². The molecule has 0 unspecified atom stereocenters. The number of anilines is 1. The van der Waals surface area contributed by atoms with E-state index in [1.54, 1.807) is 0 Å². The van der Waals surface area contributed by atoms with Crippen LogP contribution in [0.4, 0.5) is 5.69 Å². The molecule has 0 fully saturated rings. The van der Waals surface area contributed by atoms with Crippen LogP contribution in [-0.2, 0) is 4.79 Å². The summed E-state index contributed by atoms with van der Waals surface area (Å²) in [4.78, 5) is 12.3.